The molecule has 1 aliphatic rings. The summed E-state index contributed by atoms with van der Waals surface area (Å²) in [6.45, 7) is 0. The van der Waals surface area contributed by atoms with E-state index in [-0.39, 0.29) is 0 Å². The normalized spacial score (nSPS) is 20.1. The van der Waals surface area contributed by atoms with E-state index in [4.69, 9.17) is 10.2 Å². The summed E-state index contributed by atoms with van der Waals surface area (Å²) in [5, 5.41) is 21.6. The summed E-state index contributed by atoms with van der Waals surface area (Å²) >= 11 is 1.31. The van der Waals surface area contributed by atoms with Crippen molar-refractivity contribution in [1.29, 1.82) is 0 Å². The first-order valence-electron chi connectivity index (χ1n) is 6.46. The Hall–Kier alpha value is -2.15. The lowest BCUT2D eigenvalue weighted by Crippen LogP contribution is -2.16. The smallest absolute Gasteiger partial charge is 0.191 e. The number of nitrogens with two attached hydrogens (primary N) is 1. The van der Waals surface area contributed by atoms with Crippen LogP contribution in [0.15, 0.2) is 40.8 Å². The number of benzene rings is 1. The minimum atomic E-state index is -0.836. The van der Waals surface area contributed by atoms with E-state index >= 15 is 0 Å². The van der Waals surface area contributed by atoms with Gasteiger partial charge in [-0.1, -0.05) is 24.3 Å². The number of thiazole rings is 1. The molecule has 0 saturated carbocycles. The van der Waals surface area contributed by atoms with Crippen molar-refractivity contribution in [3.63, 3.8) is 0 Å². The van der Waals surface area contributed by atoms with E-state index in [1.165, 1.54) is 11.3 Å². The molecule has 0 saturated heterocycles. The van der Waals surface area contributed by atoms with E-state index in [0.717, 1.165) is 0 Å². The number of aliphatic hydroxyl groups excluding tert-OH is 2. The summed E-state index contributed by atoms with van der Waals surface area (Å²) in [6.07, 6.45) is -1.62. The topological polar surface area (TPSA) is 92.5 Å². The molecule has 3 aromatic rings. The Labute approximate surface area is 124 Å². The van der Waals surface area contributed by atoms with Gasteiger partial charge in [0.15, 0.2) is 16.7 Å². The molecule has 5 nitrogen and oxygen atoms in total. The highest BCUT2D eigenvalue weighted by Gasteiger charge is 2.34. The molecule has 4 N–H and O–H groups in total. The zero-order chi connectivity index (χ0) is 14.6. The Morgan fingerprint density at radius 3 is 2.43 bits per heavy atom. The predicted molar refractivity (Wildman–Crippen MR) is 78.8 cm³/mol. The lowest BCUT2D eigenvalue weighted by molar-refractivity contribution is 0.173. The average Bonchev–Trinajstić information content (AvgIpc) is 3.11. The van der Waals surface area contributed by atoms with Crippen LogP contribution in [0.4, 0.5) is 5.88 Å². The maximum absolute atomic E-state index is 10.5. The fraction of sp³-hybridized carbons (Fsp3) is 0.133. The molecular formula is C15H12N2O3S. The van der Waals surface area contributed by atoms with Crippen LogP contribution in [0.2, 0.25) is 0 Å². The third-order valence-electron chi connectivity index (χ3n) is 3.61. The second-order valence-corrected chi connectivity index (χ2v) is 5.94. The van der Waals surface area contributed by atoms with Crippen molar-refractivity contribution < 1.29 is 14.6 Å². The number of hydrogen-bond donors (Lipinski definition) is 3. The number of nitrogens with zero attached hydrogens (tertiary/aromatic N) is 1. The molecule has 4 rings (SSSR count). The van der Waals surface area contributed by atoms with Gasteiger partial charge >= 0.3 is 0 Å². The highest BCUT2D eigenvalue weighted by molar-refractivity contribution is 7.15. The van der Waals surface area contributed by atoms with Gasteiger partial charge in [-0.05, 0) is 17.2 Å². The van der Waals surface area contributed by atoms with Gasteiger partial charge in [0.25, 0.3) is 0 Å². The quantitative estimate of drug-likeness (QED) is 0.642. The van der Waals surface area contributed by atoms with Crippen LogP contribution >= 0.6 is 11.3 Å². The van der Waals surface area contributed by atoms with Crippen molar-refractivity contribution in [3.8, 4) is 10.8 Å². The minimum absolute atomic E-state index is 0.308. The lowest BCUT2D eigenvalue weighted by atomic mass is 9.89. The largest absolute Gasteiger partial charge is 0.438 e. The fourth-order valence-corrected chi connectivity index (χ4v) is 3.67. The first-order chi connectivity index (χ1) is 10.1. The summed E-state index contributed by atoms with van der Waals surface area (Å²) < 4.78 is 5.36. The molecule has 2 aromatic heterocycles. The van der Waals surface area contributed by atoms with E-state index in [1.807, 2.05) is 18.2 Å². The molecule has 1 aromatic carbocycles. The number of furan rings is 1. The molecule has 0 bridgehead atoms. The van der Waals surface area contributed by atoms with Crippen LogP contribution in [0.3, 0.4) is 0 Å². The highest BCUT2D eigenvalue weighted by atomic mass is 32.1. The van der Waals surface area contributed by atoms with Crippen LogP contribution in [0.1, 0.15) is 33.9 Å². The maximum atomic E-state index is 10.5. The predicted octanol–water partition coefficient (Wildman–Crippen LogP) is 2.46. The van der Waals surface area contributed by atoms with Crippen molar-refractivity contribution in [2.75, 3.05) is 5.73 Å². The van der Waals surface area contributed by atoms with E-state index in [1.54, 1.807) is 18.2 Å². The SMILES string of the molecule is Nc1ccc(-c2nc3c(s2)C(O)c2ccccc2C3O)o1. The Morgan fingerprint density at radius 2 is 1.76 bits per heavy atom. The molecular weight excluding hydrogens is 288 g/mol. The van der Waals surface area contributed by atoms with Gasteiger partial charge in [0, 0.05) is 6.07 Å². The molecule has 2 unspecified atom stereocenters. The third-order valence-corrected chi connectivity index (χ3v) is 4.75. The Morgan fingerprint density at radius 1 is 1.05 bits per heavy atom. The van der Waals surface area contributed by atoms with Crippen LogP contribution in [0.5, 0.6) is 0 Å². The van der Waals surface area contributed by atoms with Crippen molar-refractivity contribution in [3.05, 3.63) is 58.1 Å². The molecule has 6 heteroatoms. The Kier molecular flexibility index (Phi) is 2.65. The van der Waals surface area contributed by atoms with Gasteiger partial charge in [0.05, 0.1) is 10.6 Å². The Balaban J connectivity index is 1.87. The van der Waals surface area contributed by atoms with Crippen LogP contribution in [0.25, 0.3) is 10.8 Å². The van der Waals surface area contributed by atoms with Crippen LogP contribution in [-0.4, -0.2) is 15.2 Å². The molecule has 0 aliphatic heterocycles. The summed E-state index contributed by atoms with van der Waals surface area (Å²) in [5.74, 6) is 0.845. The van der Waals surface area contributed by atoms with E-state index in [2.05, 4.69) is 4.98 Å². The van der Waals surface area contributed by atoms with Gasteiger partial charge in [-0.25, -0.2) is 4.98 Å². The second-order valence-electron chi connectivity index (χ2n) is 4.90. The lowest BCUT2D eigenvalue weighted by Gasteiger charge is -2.24. The van der Waals surface area contributed by atoms with Gasteiger partial charge < -0.3 is 20.4 Å². The number of rotatable bonds is 1. The van der Waals surface area contributed by atoms with Gasteiger partial charge in [0.2, 0.25) is 0 Å². The Bertz CT molecular complexity index is 777. The number of aromatic nitrogens is 1. The summed E-state index contributed by atoms with van der Waals surface area (Å²) in [7, 11) is 0. The molecule has 2 atom stereocenters. The zero-order valence-electron chi connectivity index (χ0n) is 10.9. The van der Waals surface area contributed by atoms with Gasteiger partial charge in [-0.3, -0.25) is 0 Å². The van der Waals surface area contributed by atoms with Crippen molar-refractivity contribution in [1.82, 2.24) is 4.98 Å². The number of nitrogen functional groups attached to an aromatic ring is 1. The average molecular weight is 300 g/mol. The number of anilines is 1. The zero-order valence-corrected chi connectivity index (χ0v) is 11.7. The first kappa shape index (κ1) is 12.6. The van der Waals surface area contributed by atoms with E-state index in [9.17, 15) is 10.2 Å². The van der Waals surface area contributed by atoms with E-state index in [0.29, 0.717) is 38.4 Å². The molecule has 0 fully saturated rings. The molecule has 0 radical (unpaired) electrons. The fourth-order valence-electron chi connectivity index (χ4n) is 2.61. The van der Waals surface area contributed by atoms with E-state index < -0.39 is 12.2 Å². The van der Waals surface area contributed by atoms with Crippen LogP contribution in [-0.2, 0) is 0 Å². The maximum Gasteiger partial charge on any atom is 0.191 e. The number of aliphatic hydroxyl groups is 2. The molecule has 0 spiro atoms. The first-order valence-corrected chi connectivity index (χ1v) is 7.28. The van der Waals surface area contributed by atoms with Crippen LogP contribution in [0, 0.1) is 0 Å². The van der Waals surface area contributed by atoms with Crippen molar-refractivity contribution >= 4 is 17.2 Å². The number of fused-ring (bicyclic) bond motifs is 2. The van der Waals surface area contributed by atoms with Crippen LogP contribution < -0.4 is 5.73 Å². The molecule has 0 amide bonds. The van der Waals surface area contributed by atoms with Crippen molar-refractivity contribution in [2.45, 2.75) is 12.2 Å². The summed E-state index contributed by atoms with van der Waals surface area (Å²) in [4.78, 5) is 5.07. The van der Waals surface area contributed by atoms with Gasteiger partial charge in [-0.15, -0.1) is 11.3 Å². The van der Waals surface area contributed by atoms with Gasteiger partial charge in [0.1, 0.15) is 12.2 Å². The molecule has 21 heavy (non-hydrogen) atoms. The summed E-state index contributed by atoms with van der Waals surface area (Å²) in [6, 6.07) is 10.7. The third kappa shape index (κ3) is 1.80. The highest BCUT2D eigenvalue weighted by Crippen LogP contribution is 2.45. The molecule has 2 heterocycles. The van der Waals surface area contributed by atoms with Gasteiger partial charge in [-0.2, -0.15) is 0 Å². The second kappa shape index (κ2) is 4.42. The number of hydrogen-bond acceptors (Lipinski definition) is 6. The summed E-state index contributed by atoms with van der Waals surface area (Å²) in [5.41, 5.74) is 7.46. The molecule has 106 valence electrons. The standard InChI is InChI=1S/C15H12N2O3S/c16-10-6-5-9(20-10)15-17-11-12(18)7-3-1-2-4-8(7)13(19)14(11)21-15/h1-6,12-13,18-19H,16H2. The van der Waals surface area contributed by atoms with Crippen molar-refractivity contribution in [2.24, 2.45) is 0 Å². The minimum Gasteiger partial charge on any atom is -0.438 e. The monoisotopic (exact) mass is 300 g/mol. The molecule has 1 aliphatic carbocycles.